The largest absolute Gasteiger partial charge is 0.508 e. The highest BCUT2D eigenvalue weighted by Crippen LogP contribution is 2.27. The Balaban J connectivity index is 2.17. The number of amides is 2. The number of aliphatic hydroxyl groups excluding tert-OH is 1. The minimum Gasteiger partial charge on any atom is -0.508 e. The van der Waals surface area contributed by atoms with E-state index < -0.39 is 35.8 Å². The third-order valence-electron chi connectivity index (χ3n) is 7.80. The number of aromatic hydroxyl groups is 1. The third-order valence-corrected chi connectivity index (χ3v) is 7.80. The Kier molecular flexibility index (Phi) is 13.7. The van der Waals surface area contributed by atoms with Crippen LogP contribution in [0.15, 0.2) is 24.3 Å². The van der Waals surface area contributed by atoms with E-state index in [-0.39, 0.29) is 67.5 Å². The Morgan fingerprint density at radius 3 is 2.12 bits per heavy atom. The normalized spacial score (nSPS) is 17.9. The quantitative estimate of drug-likeness (QED) is 0.176. The van der Waals surface area contributed by atoms with Crippen molar-refractivity contribution in [2.24, 2.45) is 29.2 Å². The van der Waals surface area contributed by atoms with Crippen LogP contribution in [0.25, 0.3) is 0 Å². The zero-order chi connectivity index (χ0) is 29.8. The fourth-order valence-corrected chi connectivity index (χ4v) is 5.28. The number of hydrogen-bond donors (Lipinski definition) is 6. The summed E-state index contributed by atoms with van der Waals surface area (Å²) >= 11 is 0. The molecule has 2 unspecified atom stereocenters. The van der Waals surface area contributed by atoms with Gasteiger partial charge in [0, 0.05) is 24.8 Å². The van der Waals surface area contributed by atoms with Gasteiger partial charge in [-0.25, -0.2) is 0 Å². The van der Waals surface area contributed by atoms with Gasteiger partial charge in [0.2, 0.25) is 11.8 Å². The Labute approximate surface area is 237 Å². The number of carbonyl (C=O) groups excluding carboxylic acids is 4. The molecule has 0 spiro atoms. The minimum atomic E-state index is -1.18. The predicted octanol–water partition coefficient (Wildman–Crippen LogP) is 1.73. The maximum absolute atomic E-state index is 13.5. The lowest BCUT2D eigenvalue weighted by atomic mass is 9.83. The van der Waals surface area contributed by atoms with Crippen LogP contribution in [0.2, 0.25) is 0 Å². The molecule has 0 heterocycles. The lowest BCUT2D eigenvalue weighted by Crippen LogP contribution is -2.50. The molecule has 8 N–H and O–H groups in total. The number of Topliss-reactive ketones (excluding diaryl/α,β-unsaturated/α-hetero) is 2. The predicted molar refractivity (Wildman–Crippen MR) is 153 cm³/mol. The third kappa shape index (κ3) is 10.6. The fourth-order valence-electron chi connectivity index (χ4n) is 5.28. The molecule has 40 heavy (non-hydrogen) atoms. The number of ketones is 2. The Bertz CT molecular complexity index is 975. The highest BCUT2D eigenvalue weighted by Gasteiger charge is 2.33. The zero-order valence-electron chi connectivity index (χ0n) is 24.1. The Morgan fingerprint density at radius 1 is 0.950 bits per heavy atom. The summed E-state index contributed by atoms with van der Waals surface area (Å²) in [6, 6.07) is 4.20. The Morgan fingerprint density at radius 2 is 1.57 bits per heavy atom. The number of hydrogen-bond acceptors (Lipinski definition) is 8. The fraction of sp³-hybridized carbons (Fsp3) is 0.667. The van der Waals surface area contributed by atoms with Gasteiger partial charge in [0.15, 0.2) is 11.6 Å². The van der Waals surface area contributed by atoms with Gasteiger partial charge in [0.25, 0.3) is 0 Å². The number of phenols is 1. The molecule has 1 aliphatic carbocycles. The van der Waals surface area contributed by atoms with E-state index in [2.05, 4.69) is 10.6 Å². The molecule has 1 aromatic rings. The number of nitrogens with one attached hydrogen (secondary N) is 2. The second-order valence-corrected chi connectivity index (χ2v) is 11.5. The summed E-state index contributed by atoms with van der Waals surface area (Å²) in [6.45, 7) is 5.05. The monoisotopic (exact) mass is 560 g/mol. The van der Waals surface area contributed by atoms with Gasteiger partial charge in [-0.1, -0.05) is 45.2 Å². The van der Waals surface area contributed by atoms with Crippen molar-refractivity contribution in [3.63, 3.8) is 0 Å². The molecule has 0 radical (unpaired) electrons. The van der Waals surface area contributed by atoms with Crippen LogP contribution in [0, 0.1) is 17.8 Å². The summed E-state index contributed by atoms with van der Waals surface area (Å²) in [5.74, 6) is -2.69. The van der Waals surface area contributed by atoms with Crippen LogP contribution < -0.4 is 22.1 Å². The summed E-state index contributed by atoms with van der Waals surface area (Å²) in [7, 11) is 0. The van der Waals surface area contributed by atoms with Gasteiger partial charge >= 0.3 is 0 Å². The van der Waals surface area contributed by atoms with Crippen LogP contribution in [-0.2, 0) is 25.6 Å². The summed E-state index contributed by atoms with van der Waals surface area (Å²) < 4.78 is 0. The van der Waals surface area contributed by atoms with Crippen molar-refractivity contribution >= 4 is 23.4 Å². The van der Waals surface area contributed by atoms with Crippen molar-refractivity contribution in [1.29, 1.82) is 0 Å². The van der Waals surface area contributed by atoms with E-state index in [0.717, 1.165) is 25.7 Å². The number of carbonyl (C=O) groups is 4. The zero-order valence-corrected chi connectivity index (χ0v) is 24.1. The molecule has 1 aliphatic rings. The van der Waals surface area contributed by atoms with Gasteiger partial charge in [-0.05, 0) is 62.8 Å². The van der Waals surface area contributed by atoms with Crippen molar-refractivity contribution in [3.05, 3.63) is 29.8 Å². The van der Waals surface area contributed by atoms with Gasteiger partial charge in [0.1, 0.15) is 5.75 Å². The van der Waals surface area contributed by atoms with Crippen molar-refractivity contribution < 1.29 is 29.4 Å². The van der Waals surface area contributed by atoms with Crippen LogP contribution in [0.3, 0.4) is 0 Å². The highest BCUT2D eigenvalue weighted by molar-refractivity contribution is 5.95. The van der Waals surface area contributed by atoms with E-state index in [1.165, 1.54) is 25.5 Å². The first kappa shape index (κ1) is 33.4. The first-order valence-electron chi connectivity index (χ1n) is 14.5. The SMILES string of the molecule is CC(C)C(=O)[C@H](CCN)NC(=O)[C@@H](CC(=O)[C@H](Cc1ccc(O)cc1)NC(=O)CC(N)C1CCCCC1)C(C)O. The molecular formula is C30H48N4O6. The second kappa shape index (κ2) is 16.4. The van der Waals surface area contributed by atoms with E-state index in [4.69, 9.17) is 11.5 Å². The molecule has 1 saturated carbocycles. The van der Waals surface area contributed by atoms with Crippen LogP contribution >= 0.6 is 0 Å². The molecule has 10 nitrogen and oxygen atoms in total. The Hall–Kier alpha value is -2.82. The molecule has 0 bridgehead atoms. The molecule has 1 fully saturated rings. The van der Waals surface area contributed by atoms with Crippen molar-refractivity contribution in [3.8, 4) is 5.75 Å². The highest BCUT2D eigenvalue weighted by atomic mass is 16.3. The standard InChI is InChI=1S/C30H48N4O6/c1-18(2)29(39)25(13-14-31)34-30(40)23(19(3)35)16-27(37)26(15-20-9-11-22(36)12-10-20)33-28(38)17-24(32)21-7-5-4-6-8-21/h9-12,18-19,21,23-26,35-36H,4-8,13-17,31-32H2,1-3H3,(H,33,38)(H,34,40)/t19?,23-,24?,25-,26-/m0/s1. The molecule has 224 valence electrons. The molecule has 0 aromatic heterocycles. The molecule has 0 saturated heterocycles. The topological polar surface area (TPSA) is 185 Å². The average Bonchev–Trinajstić information content (AvgIpc) is 2.91. The summed E-state index contributed by atoms with van der Waals surface area (Å²) in [6.07, 6.45) is 4.29. The van der Waals surface area contributed by atoms with Crippen molar-refractivity contribution in [2.45, 2.75) is 103 Å². The molecule has 0 aliphatic heterocycles. The molecule has 10 heteroatoms. The summed E-state index contributed by atoms with van der Waals surface area (Å²) in [5, 5.41) is 25.5. The number of nitrogens with two attached hydrogens (primary N) is 2. The maximum Gasteiger partial charge on any atom is 0.226 e. The van der Waals surface area contributed by atoms with Gasteiger partial charge in [-0.2, -0.15) is 0 Å². The number of phenolic OH excluding ortho intramolecular Hbond substituents is 1. The van der Waals surface area contributed by atoms with E-state index in [0.29, 0.717) is 5.56 Å². The van der Waals surface area contributed by atoms with Crippen molar-refractivity contribution in [2.75, 3.05) is 6.54 Å². The molecule has 1 aromatic carbocycles. The van der Waals surface area contributed by atoms with Gasteiger partial charge < -0.3 is 32.3 Å². The number of benzene rings is 1. The van der Waals surface area contributed by atoms with Crippen LogP contribution in [0.5, 0.6) is 5.75 Å². The summed E-state index contributed by atoms with van der Waals surface area (Å²) in [5.41, 5.74) is 12.7. The summed E-state index contributed by atoms with van der Waals surface area (Å²) in [4.78, 5) is 52.3. The van der Waals surface area contributed by atoms with Crippen LogP contribution in [0.1, 0.15) is 77.7 Å². The lowest BCUT2D eigenvalue weighted by molar-refractivity contribution is -0.137. The number of rotatable bonds is 16. The molecule has 5 atom stereocenters. The minimum absolute atomic E-state index is 0.0722. The van der Waals surface area contributed by atoms with Crippen LogP contribution in [0.4, 0.5) is 0 Å². The maximum atomic E-state index is 13.5. The van der Waals surface area contributed by atoms with E-state index >= 15 is 0 Å². The van der Waals surface area contributed by atoms with E-state index in [1.807, 2.05) is 0 Å². The average molecular weight is 561 g/mol. The van der Waals surface area contributed by atoms with Gasteiger partial charge in [0.05, 0.1) is 24.1 Å². The van der Waals surface area contributed by atoms with Gasteiger partial charge in [-0.15, -0.1) is 0 Å². The molecular weight excluding hydrogens is 512 g/mol. The molecule has 2 amide bonds. The van der Waals surface area contributed by atoms with E-state index in [1.54, 1.807) is 26.0 Å². The van der Waals surface area contributed by atoms with Crippen LogP contribution in [-0.4, -0.2) is 64.4 Å². The smallest absolute Gasteiger partial charge is 0.226 e. The first-order valence-corrected chi connectivity index (χ1v) is 14.5. The van der Waals surface area contributed by atoms with Crippen molar-refractivity contribution in [1.82, 2.24) is 10.6 Å². The lowest BCUT2D eigenvalue weighted by Gasteiger charge is -2.28. The first-order chi connectivity index (χ1) is 18.9. The van der Waals surface area contributed by atoms with E-state index in [9.17, 15) is 29.4 Å². The molecule has 2 rings (SSSR count). The second-order valence-electron chi connectivity index (χ2n) is 11.5. The number of aliphatic hydroxyl groups is 1. The van der Waals surface area contributed by atoms with Gasteiger partial charge in [-0.3, -0.25) is 19.2 Å².